The van der Waals surface area contributed by atoms with E-state index in [-0.39, 0.29) is 18.3 Å². The first-order valence-electron chi connectivity index (χ1n) is 5.24. The molecule has 1 aliphatic rings. The molecule has 1 heterocycles. The Hall–Kier alpha value is -1.36. The summed E-state index contributed by atoms with van der Waals surface area (Å²) in [5.41, 5.74) is 0.981. The number of carbonyl (C=O) groups is 2. The molecule has 0 aromatic heterocycles. The van der Waals surface area contributed by atoms with Crippen LogP contribution >= 0.6 is 15.9 Å². The molecule has 1 amide bonds. The fraction of sp³-hybridized carbons (Fsp3) is 0.333. The van der Waals surface area contributed by atoms with E-state index < -0.39 is 6.04 Å². The number of rotatable bonds is 3. The van der Waals surface area contributed by atoms with Crippen molar-refractivity contribution in [2.24, 2.45) is 0 Å². The Morgan fingerprint density at radius 1 is 1.53 bits per heavy atom. The Morgan fingerprint density at radius 3 is 2.82 bits per heavy atom. The Labute approximate surface area is 108 Å². The molecular weight excluding hydrogens is 286 g/mol. The van der Waals surface area contributed by atoms with Gasteiger partial charge in [-0.05, 0) is 11.6 Å². The van der Waals surface area contributed by atoms with Crippen LogP contribution in [0.5, 0.6) is 0 Å². The number of ether oxygens (including phenoxy) is 1. The van der Waals surface area contributed by atoms with Gasteiger partial charge in [-0.25, -0.2) is 4.79 Å². The van der Waals surface area contributed by atoms with Crippen LogP contribution in [0.15, 0.2) is 28.7 Å². The molecule has 0 radical (unpaired) electrons. The summed E-state index contributed by atoms with van der Waals surface area (Å²) in [7, 11) is 1.34. The molecule has 90 valence electrons. The number of hydrogen-bond acceptors (Lipinski definition) is 3. The topological polar surface area (TPSA) is 46.6 Å². The summed E-state index contributed by atoms with van der Waals surface area (Å²) in [4.78, 5) is 24.4. The lowest BCUT2D eigenvalue weighted by molar-refractivity contribution is -0.165. The van der Waals surface area contributed by atoms with E-state index in [2.05, 4.69) is 20.7 Å². The molecule has 1 saturated heterocycles. The van der Waals surface area contributed by atoms with Crippen LogP contribution in [0.4, 0.5) is 0 Å². The summed E-state index contributed by atoms with van der Waals surface area (Å²) >= 11 is 3.42. The molecule has 0 bridgehead atoms. The lowest BCUT2D eigenvalue weighted by Gasteiger charge is -2.38. The van der Waals surface area contributed by atoms with Crippen molar-refractivity contribution < 1.29 is 14.3 Å². The van der Waals surface area contributed by atoms with Gasteiger partial charge >= 0.3 is 5.97 Å². The van der Waals surface area contributed by atoms with E-state index >= 15 is 0 Å². The van der Waals surface area contributed by atoms with Gasteiger partial charge in [0.1, 0.15) is 6.04 Å². The quantitative estimate of drug-likeness (QED) is 0.630. The van der Waals surface area contributed by atoms with Crippen molar-refractivity contribution in [3.8, 4) is 0 Å². The molecule has 1 aromatic carbocycles. The van der Waals surface area contributed by atoms with Crippen molar-refractivity contribution in [2.45, 2.75) is 19.0 Å². The normalized spacial score (nSPS) is 18.8. The van der Waals surface area contributed by atoms with E-state index in [1.165, 1.54) is 12.0 Å². The third kappa shape index (κ3) is 2.34. The van der Waals surface area contributed by atoms with E-state index in [1.807, 2.05) is 24.3 Å². The van der Waals surface area contributed by atoms with Crippen molar-refractivity contribution in [1.29, 1.82) is 0 Å². The number of halogens is 1. The number of carbonyl (C=O) groups excluding carboxylic acids is 2. The summed E-state index contributed by atoms with van der Waals surface area (Å²) in [6.07, 6.45) is 0.247. The van der Waals surface area contributed by atoms with Crippen LogP contribution in [0.2, 0.25) is 0 Å². The number of amides is 1. The molecule has 1 aromatic rings. The SMILES string of the molecule is COC(=O)[C@H]1CC(=O)N1Cc1ccccc1Br. The maximum absolute atomic E-state index is 11.5. The molecule has 17 heavy (non-hydrogen) atoms. The zero-order valence-corrected chi connectivity index (χ0v) is 10.9. The van der Waals surface area contributed by atoms with Gasteiger partial charge in [-0.15, -0.1) is 0 Å². The van der Waals surface area contributed by atoms with E-state index in [9.17, 15) is 9.59 Å². The number of likely N-dealkylation sites (tertiary alicyclic amines) is 1. The monoisotopic (exact) mass is 297 g/mol. The Kier molecular flexibility index (Phi) is 3.47. The van der Waals surface area contributed by atoms with Crippen LogP contribution < -0.4 is 0 Å². The minimum atomic E-state index is -0.431. The molecule has 2 rings (SSSR count). The fourth-order valence-electron chi connectivity index (χ4n) is 1.81. The second kappa shape index (κ2) is 4.87. The van der Waals surface area contributed by atoms with Gasteiger partial charge in [-0.3, -0.25) is 4.79 Å². The average Bonchev–Trinajstić information content (AvgIpc) is 2.34. The molecule has 0 unspecified atom stereocenters. The van der Waals surface area contributed by atoms with Gasteiger partial charge < -0.3 is 9.64 Å². The molecule has 0 aliphatic carbocycles. The number of β-lactam (4-membered cyclic amide) rings is 1. The molecule has 0 spiro atoms. The van der Waals surface area contributed by atoms with Gasteiger partial charge in [-0.2, -0.15) is 0 Å². The number of methoxy groups -OCH3 is 1. The van der Waals surface area contributed by atoms with Crippen molar-refractivity contribution in [1.82, 2.24) is 4.90 Å². The van der Waals surface area contributed by atoms with Gasteiger partial charge in [-0.1, -0.05) is 34.1 Å². The standard InChI is InChI=1S/C12H12BrNO3/c1-17-12(16)10-6-11(15)14(10)7-8-4-2-3-5-9(8)13/h2-5,10H,6-7H2,1H3/t10-/m1/s1. The summed E-state index contributed by atoms with van der Waals surface area (Å²) in [6, 6.07) is 7.21. The smallest absolute Gasteiger partial charge is 0.329 e. The molecule has 4 nitrogen and oxygen atoms in total. The summed E-state index contributed by atoms with van der Waals surface area (Å²) in [5, 5.41) is 0. The number of nitrogens with zero attached hydrogens (tertiary/aromatic N) is 1. The number of benzene rings is 1. The molecular formula is C12H12BrNO3. The van der Waals surface area contributed by atoms with Crippen LogP contribution in [0.1, 0.15) is 12.0 Å². The molecule has 1 fully saturated rings. The van der Waals surface area contributed by atoms with Crippen molar-refractivity contribution >= 4 is 27.8 Å². The lowest BCUT2D eigenvalue weighted by atomic mass is 10.0. The number of hydrogen-bond donors (Lipinski definition) is 0. The molecule has 5 heteroatoms. The van der Waals surface area contributed by atoms with Crippen LogP contribution in [-0.2, 0) is 20.9 Å². The predicted molar refractivity (Wildman–Crippen MR) is 65.1 cm³/mol. The highest BCUT2D eigenvalue weighted by atomic mass is 79.9. The summed E-state index contributed by atoms with van der Waals surface area (Å²) < 4.78 is 5.59. The maximum atomic E-state index is 11.5. The Morgan fingerprint density at radius 2 is 2.24 bits per heavy atom. The zero-order valence-electron chi connectivity index (χ0n) is 9.35. The van der Waals surface area contributed by atoms with Gasteiger partial charge in [0, 0.05) is 11.0 Å². The summed E-state index contributed by atoms with van der Waals surface area (Å²) in [6.45, 7) is 0.431. The summed E-state index contributed by atoms with van der Waals surface area (Å²) in [5.74, 6) is -0.368. The van der Waals surface area contributed by atoms with Crippen LogP contribution in [-0.4, -0.2) is 29.9 Å². The van der Waals surface area contributed by atoms with E-state index in [0.29, 0.717) is 6.54 Å². The van der Waals surface area contributed by atoms with E-state index in [0.717, 1.165) is 10.0 Å². The molecule has 0 N–H and O–H groups in total. The zero-order chi connectivity index (χ0) is 12.4. The highest BCUT2D eigenvalue weighted by Crippen LogP contribution is 2.26. The third-order valence-electron chi connectivity index (χ3n) is 2.84. The Balaban J connectivity index is 2.10. The predicted octanol–water partition coefficient (Wildman–Crippen LogP) is 1.72. The maximum Gasteiger partial charge on any atom is 0.329 e. The second-order valence-electron chi connectivity index (χ2n) is 3.86. The minimum Gasteiger partial charge on any atom is -0.467 e. The number of esters is 1. The first kappa shape index (κ1) is 12.1. The first-order valence-corrected chi connectivity index (χ1v) is 6.03. The molecule has 1 aliphatic heterocycles. The molecule has 1 atom stereocenters. The highest BCUT2D eigenvalue weighted by Gasteiger charge is 2.41. The van der Waals surface area contributed by atoms with E-state index in [4.69, 9.17) is 0 Å². The van der Waals surface area contributed by atoms with Crippen LogP contribution in [0.25, 0.3) is 0 Å². The second-order valence-corrected chi connectivity index (χ2v) is 4.71. The largest absolute Gasteiger partial charge is 0.467 e. The van der Waals surface area contributed by atoms with Crippen molar-refractivity contribution in [3.63, 3.8) is 0 Å². The van der Waals surface area contributed by atoms with Gasteiger partial charge in [0.25, 0.3) is 0 Å². The van der Waals surface area contributed by atoms with Crippen LogP contribution in [0, 0.1) is 0 Å². The Bertz CT molecular complexity index is 461. The third-order valence-corrected chi connectivity index (χ3v) is 3.61. The minimum absolute atomic E-state index is 0.0175. The van der Waals surface area contributed by atoms with Gasteiger partial charge in [0.2, 0.25) is 5.91 Å². The molecule has 0 saturated carbocycles. The average molecular weight is 298 g/mol. The van der Waals surface area contributed by atoms with Crippen molar-refractivity contribution in [3.05, 3.63) is 34.3 Å². The highest BCUT2D eigenvalue weighted by molar-refractivity contribution is 9.10. The van der Waals surface area contributed by atoms with Gasteiger partial charge in [0.05, 0.1) is 13.5 Å². The van der Waals surface area contributed by atoms with E-state index in [1.54, 1.807) is 0 Å². The van der Waals surface area contributed by atoms with Gasteiger partial charge in [0.15, 0.2) is 0 Å². The lowest BCUT2D eigenvalue weighted by Crippen LogP contribution is -2.56. The fourth-order valence-corrected chi connectivity index (χ4v) is 2.22. The van der Waals surface area contributed by atoms with Crippen molar-refractivity contribution in [2.75, 3.05) is 7.11 Å². The van der Waals surface area contributed by atoms with Crippen LogP contribution in [0.3, 0.4) is 0 Å². The first-order chi connectivity index (χ1) is 8.13.